The van der Waals surface area contributed by atoms with E-state index >= 15 is 0 Å². The molecule has 2 heterocycles. The summed E-state index contributed by atoms with van der Waals surface area (Å²) in [6, 6.07) is 43.8. The maximum absolute atomic E-state index is 5.34. The van der Waals surface area contributed by atoms with Gasteiger partial charge in [0.2, 0.25) is 0 Å². The minimum atomic E-state index is -0.179. The molecule has 0 N–H and O–H groups in total. The van der Waals surface area contributed by atoms with Gasteiger partial charge < -0.3 is 0 Å². The fourth-order valence-corrected chi connectivity index (χ4v) is 6.75. The molecule has 0 saturated heterocycles. The second kappa shape index (κ2) is 8.97. The zero-order valence-electron chi connectivity index (χ0n) is 23.1. The molecule has 0 atom stereocenters. The molecule has 41 heavy (non-hydrogen) atoms. The molecule has 8 rings (SSSR count). The summed E-state index contributed by atoms with van der Waals surface area (Å²) in [5.74, 6) is 0. The first kappa shape index (κ1) is 23.8. The molecule has 0 amide bonds. The van der Waals surface area contributed by atoms with E-state index in [1.807, 2.05) is 12.4 Å². The predicted molar refractivity (Wildman–Crippen MR) is 171 cm³/mol. The highest BCUT2D eigenvalue weighted by molar-refractivity contribution is 6.16. The number of rotatable bonds is 3. The molecule has 194 valence electrons. The lowest BCUT2D eigenvalue weighted by Gasteiger charge is -2.26. The van der Waals surface area contributed by atoms with Gasteiger partial charge in [-0.05, 0) is 79.5 Å². The maximum Gasteiger partial charge on any atom is 0.0759 e. The molecule has 0 spiro atoms. The van der Waals surface area contributed by atoms with Crippen LogP contribution in [0.5, 0.6) is 0 Å². The summed E-state index contributed by atoms with van der Waals surface area (Å²) in [6.07, 6.45) is 3.68. The molecule has 7 aromatic rings. The van der Waals surface area contributed by atoms with Crippen molar-refractivity contribution in [3.05, 3.63) is 145 Å². The molecule has 0 saturated carbocycles. The maximum atomic E-state index is 5.34. The number of nitrogens with zero attached hydrogens (tertiary/aromatic N) is 2. The van der Waals surface area contributed by atoms with Crippen LogP contribution in [0.2, 0.25) is 0 Å². The molecular formula is C39H28N2. The number of aromatic nitrogens is 2. The summed E-state index contributed by atoms with van der Waals surface area (Å²) < 4.78 is 0. The Morgan fingerprint density at radius 2 is 1.24 bits per heavy atom. The zero-order chi connectivity index (χ0) is 27.6. The van der Waals surface area contributed by atoms with Crippen molar-refractivity contribution in [2.24, 2.45) is 0 Å². The van der Waals surface area contributed by atoms with Gasteiger partial charge in [0.15, 0.2) is 0 Å². The average Bonchev–Trinajstić information content (AvgIpc) is 3.26. The Morgan fingerprint density at radius 1 is 0.561 bits per heavy atom. The summed E-state index contributed by atoms with van der Waals surface area (Å²) in [4.78, 5) is 9.50. The van der Waals surface area contributed by atoms with Crippen LogP contribution in [0.25, 0.3) is 66.3 Å². The number of hydrogen-bond acceptors (Lipinski definition) is 2. The molecule has 0 aliphatic heterocycles. The quantitative estimate of drug-likeness (QED) is 0.215. The van der Waals surface area contributed by atoms with Gasteiger partial charge in [0, 0.05) is 28.8 Å². The Hall–Kier alpha value is -5.08. The van der Waals surface area contributed by atoms with Crippen LogP contribution in [-0.2, 0) is 5.41 Å². The van der Waals surface area contributed by atoms with E-state index in [0.29, 0.717) is 0 Å². The Morgan fingerprint density at radius 3 is 2.07 bits per heavy atom. The van der Waals surface area contributed by atoms with Crippen LogP contribution < -0.4 is 0 Å². The SMILES string of the molecule is CC1(C)c2ccccc2-c2nc3ccc4ccccc4c3c(-c3cccc(-c4ccc(-c5ccncc5)cc4)c3)c21. The van der Waals surface area contributed by atoms with E-state index in [0.717, 1.165) is 11.2 Å². The number of fused-ring (bicyclic) bond motifs is 6. The molecular weight excluding hydrogens is 496 g/mol. The van der Waals surface area contributed by atoms with Crippen molar-refractivity contribution in [2.75, 3.05) is 0 Å². The van der Waals surface area contributed by atoms with Gasteiger partial charge in [0.05, 0.1) is 11.2 Å². The van der Waals surface area contributed by atoms with Gasteiger partial charge in [-0.1, -0.05) is 111 Å². The third kappa shape index (κ3) is 3.64. The van der Waals surface area contributed by atoms with Crippen molar-refractivity contribution in [1.29, 1.82) is 0 Å². The van der Waals surface area contributed by atoms with Crippen molar-refractivity contribution in [1.82, 2.24) is 9.97 Å². The van der Waals surface area contributed by atoms with Crippen LogP contribution >= 0.6 is 0 Å². The van der Waals surface area contributed by atoms with Crippen LogP contribution in [-0.4, -0.2) is 9.97 Å². The first-order valence-electron chi connectivity index (χ1n) is 14.2. The zero-order valence-corrected chi connectivity index (χ0v) is 23.1. The fourth-order valence-electron chi connectivity index (χ4n) is 6.75. The van der Waals surface area contributed by atoms with E-state index < -0.39 is 0 Å². The first-order valence-corrected chi connectivity index (χ1v) is 14.2. The van der Waals surface area contributed by atoms with E-state index in [2.05, 4.69) is 140 Å². The number of hydrogen-bond donors (Lipinski definition) is 0. The third-order valence-electron chi connectivity index (χ3n) is 8.74. The lowest BCUT2D eigenvalue weighted by atomic mass is 9.77. The van der Waals surface area contributed by atoms with Gasteiger partial charge in [-0.15, -0.1) is 0 Å². The number of benzene rings is 5. The predicted octanol–water partition coefficient (Wildman–Crippen LogP) is 10.1. The minimum Gasteiger partial charge on any atom is -0.265 e. The molecule has 0 bridgehead atoms. The summed E-state index contributed by atoms with van der Waals surface area (Å²) >= 11 is 0. The lowest BCUT2D eigenvalue weighted by Crippen LogP contribution is -2.16. The van der Waals surface area contributed by atoms with Gasteiger partial charge in [-0.25, -0.2) is 4.98 Å². The normalized spacial score (nSPS) is 13.3. The molecule has 1 aliphatic rings. The van der Waals surface area contributed by atoms with Crippen LogP contribution in [0.4, 0.5) is 0 Å². The first-order chi connectivity index (χ1) is 20.1. The van der Waals surface area contributed by atoms with Gasteiger partial charge in [-0.3, -0.25) is 4.98 Å². The molecule has 0 fully saturated rings. The molecule has 2 nitrogen and oxygen atoms in total. The molecule has 1 aliphatic carbocycles. The van der Waals surface area contributed by atoms with E-state index in [9.17, 15) is 0 Å². The minimum absolute atomic E-state index is 0.179. The fraction of sp³-hybridized carbons (Fsp3) is 0.0769. The van der Waals surface area contributed by atoms with E-state index in [-0.39, 0.29) is 5.41 Å². The Bertz CT molecular complexity index is 2110. The Labute approximate surface area is 240 Å². The molecule has 0 radical (unpaired) electrons. The van der Waals surface area contributed by atoms with Gasteiger partial charge >= 0.3 is 0 Å². The molecule has 2 heteroatoms. The highest BCUT2D eigenvalue weighted by atomic mass is 14.7. The Balaban J connectivity index is 1.39. The average molecular weight is 525 g/mol. The van der Waals surface area contributed by atoms with Crippen molar-refractivity contribution in [2.45, 2.75) is 19.3 Å². The topological polar surface area (TPSA) is 25.8 Å². The second-order valence-corrected chi connectivity index (χ2v) is 11.5. The van der Waals surface area contributed by atoms with Gasteiger partial charge in [0.25, 0.3) is 0 Å². The summed E-state index contributed by atoms with van der Waals surface area (Å²) in [5, 5.41) is 3.71. The smallest absolute Gasteiger partial charge is 0.0759 e. The van der Waals surface area contributed by atoms with Crippen molar-refractivity contribution < 1.29 is 0 Å². The standard InChI is InChI=1S/C39H28N2/c1-39(2)33-13-6-5-12-32(33)38-37(39)35(36-31-11-4-3-8-28(31)18-19-34(36)41-38)30-10-7-9-29(24-30)26-16-14-25(15-17-26)27-20-22-40-23-21-27/h3-24H,1-2H3. The van der Waals surface area contributed by atoms with Gasteiger partial charge in [-0.2, -0.15) is 0 Å². The van der Waals surface area contributed by atoms with E-state index in [1.54, 1.807) is 0 Å². The number of pyridine rings is 2. The summed E-state index contributed by atoms with van der Waals surface area (Å²) in [5.41, 5.74) is 13.1. The summed E-state index contributed by atoms with van der Waals surface area (Å²) in [6.45, 7) is 4.70. The van der Waals surface area contributed by atoms with Crippen molar-refractivity contribution in [3.63, 3.8) is 0 Å². The highest BCUT2D eigenvalue weighted by Gasteiger charge is 2.39. The van der Waals surface area contributed by atoms with Gasteiger partial charge in [0.1, 0.15) is 0 Å². The van der Waals surface area contributed by atoms with Crippen molar-refractivity contribution in [3.8, 4) is 44.6 Å². The largest absolute Gasteiger partial charge is 0.265 e. The molecule has 0 unspecified atom stereocenters. The van der Waals surface area contributed by atoms with E-state index in [1.165, 1.54) is 66.2 Å². The van der Waals surface area contributed by atoms with Crippen LogP contribution in [0.3, 0.4) is 0 Å². The molecule has 5 aromatic carbocycles. The van der Waals surface area contributed by atoms with Crippen LogP contribution in [0.15, 0.2) is 134 Å². The summed E-state index contributed by atoms with van der Waals surface area (Å²) in [7, 11) is 0. The third-order valence-corrected chi connectivity index (χ3v) is 8.74. The van der Waals surface area contributed by atoms with Crippen LogP contribution in [0, 0.1) is 0 Å². The monoisotopic (exact) mass is 524 g/mol. The van der Waals surface area contributed by atoms with E-state index in [4.69, 9.17) is 4.98 Å². The van der Waals surface area contributed by atoms with Crippen molar-refractivity contribution >= 4 is 21.7 Å². The Kier molecular flexibility index (Phi) is 5.20. The molecule has 2 aromatic heterocycles. The second-order valence-electron chi connectivity index (χ2n) is 11.5. The lowest BCUT2D eigenvalue weighted by molar-refractivity contribution is 0.662. The van der Waals surface area contributed by atoms with Crippen LogP contribution in [0.1, 0.15) is 25.0 Å². The highest BCUT2D eigenvalue weighted by Crippen LogP contribution is 2.54.